The second-order valence-corrected chi connectivity index (χ2v) is 7.07. The molecule has 0 aliphatic rings. The van der Waals surface area contributed by atoms with Crippen LogP contribution in [0.25, 0.3) is 10.8 Å². The zero-order valence-electron chi connectivity index (χ0n) is 18.2. The highest BCUT2D eigenvalue weighted by molar-refractivity contribution is 5.85. The Kier molecular flexibility index (Phi) is 6.30. The molecule has 3 nitrogen and oxygen atoms in total. The third kappa shape index (κ3) is 4.86. The first-order valence-electron chi connectivity index (χ1n) is 10.1. The van der Waals surface area contributed by atoms with Crippen LogP contribution in [0.2, 0.25) is 0 Å². The summed E-state index contributed by atoms with van der Waals surface area (Å²) in [6.07, 6.45) is 0. The van der Waals surface area contributed by atoms with Gasteiger partial charge in [-0.2, -0.15) is 0 Å². The van der Waals surface area contributed by atoms with Crippen molar-refractivity contribution in [3.63, 3.8) is 0 Å². The van der Waals surface area contributed by atoms with Crippen LogP contribution in [0.3, 0.4) is 0 Å². The Balaban J connectivity index is 1.59. The molecule has 0 saturated heterocycles. The molecule has 4 aromatic carbocycles. The van der Waals surface area contributed by atoms with Gasteiger partial charge in [-0.3, -0.25) is 0 Å². The van der Waals surface area contributed by atoms with Gasteiger partial charge in [0.2, 0.25) is 0 Å². The number of ether oxygens (including phenoxy) is 3. The van der Waals surface area contributed by atoms with E-state index in [0.29, 0.717) is 11.5 Å². The molecule has 0 aliphatic heterocycles. The Labute approximate surface area is 188 Å². The first kappa shape index (κ1) is 20.9. The van der Waals surface area contributed by atoms with Gasteiger partial charge in [0.1, 0.15) is 5.75 Å². The van der Waals surface area contributed by atoms with Crippen LogP contribution >= 0.6 is 0 Å². The molecule has 0 bridgehead atoms. The van der Waals surface area contributed by atoms with E-state index in [4.69, 9.17) is 14.2 Å². The quantitative estimate of drug-likeness (QED) is 0.402. The monoisotopic (exact) mass is 418 g/mol. The number of hydrogen-bond donors (Lipinski definition) is 0. The van der Waals surface area contributed by atoms with Crippen molar-refractivity contribution in [1.82, 2.24) is 0 Å². The van der Waals surface area contributed by atoms with E-state index in [2.05, 4.69) is 47.9 Å². The molecule has 4 rings (SSSR count). The fraction of sp³-hybridized carbons (Fsp3) is 0.103. The highest BCUT2D eigenvalue weighted by atomic mass is 16.5. The predicted molar refractivity (Wildman–Crippen MR) is 128 cm³/mol. The molecule has 0 unspecified atom stereocenters. The first-order valence-corrected chi connectivity index (χ1v) is 10.1. The van der Waals surface area contributed by atoms with Gasteiger partial charge < -0.3 is 14.2 Å². The summed E-state index contributed by atoms with van der Waals surface area (Å²) >= 11 is 0. The Bertz CT molecular complexity index is 1380. The normalized spacial score (nSPS) is 9.84. The smallest absolute Gasteiger partial charge is 0.161 e. The Hall–Kier alpha value is -4.34. The molecule has 3 heteroatoms. The van der Waals surface area contributed by atoms with Crippen LogP contribution in [-0.4, -0.2) is 21.3 Å². The van der Waals surface area contributed by atoms with Gasteiger partial charge in [0.25, 0.3) is 0 Å². The second-order valence-electron chi connectivity index (χ2n) is 7.07. The van der Waals surface area contributed by atoms with Gasteiger partial charge in [-0.1, -0.05) is 35.8 Å². The van der Waals surface area contributed by atoms with Crippen LogP contribution < -0.4 is 14.2 Å². The van der Waals surface area contributed by atoms with Gasteiger partial charge in [-0.05, 0) is 77.5 Å². The summed E-state index contributed by atoms with van der Waals surface area (Å²) in [5.74, 6) is 15.0. The third-order valence-electron chi connectivity index (χ3n) is 5.02. The van der Waals surface area contributed by atoms with Crippen molar-refractivity contribution in [2.24, 2.45) is 0 Å². The van der Waals surface area contributed by atoms with Crippen molar-refractivity contribution in [2.75, 3.05) is 21.3 Å². The Morgan fingerprint density at radius 2 is 0.938 bits per heavy atom. The standard InChI is InChI=1S/C29H22O3/c1-30-27-15-10-21(11-16-27)4-5-22-8-13-25-14-9-23(19-26(25)18-22)6-7-24-12-17-28(31-2)29(20-24)32-3/h8-20H,1-3H3. The average Bonchev–Trinajstić information content (AvgIpc) is 2.86. The molecular formula is C29H22O3. The van der Waals surface area contributed by atoms with Gasteiger partial charge in [-0.25, -0.2) is 0 Å². The fourth-order valence-electron chi connectivity index (χ4n) is 3.28. The van der Waals surface area contributed by atoms with Crippen molar-refractivity contribution in [2.45, 2.75) is 0 Å². The molecule has 0 amide bonds. The van der Waals surface area contributed by atoms with Gasteiger partial charge in [0.15, 0.2) is 11.5 Å². The van der Waals surface area contributed by atoms with Gasteiger partial charge >= 0.3 is 0 Å². The summed E-state index contributed by atoms with van der Waals surface area (Å²) < 4.78 is 15.8. The largest absolute Gasteiger partial charge is 0.497 e. The molecule has 0 aromatic heterocycles. The molecule has 4 aromatic rings. The van der Waals surface area contributed by atoms with E-state index in [1.54, 1.807) is 21.3 Å². The van der Waals surface area contributed by atoms with Crippen molar-refractivity contribution < 1.29 is 14.2 Å². The Morgan fingerprint density at radius 3 is 1.50 bits per heavy atom. The highest BCUT2D eigenvalue weighted by Gasteiger charge is 2.03. The second kappa shape index (κ2) is 9.65. The average molecular weight is 418 g/mol. The lowest BCUT2D eigenvalue weighted by Crippen LogP contribution is -1.90. The maximum atomic E-state index is 5.35. The molecule has 0 atom stereocenters. The van der Waals surface area contributed by atoms with Gasteiger partial charge in [-0.15, -0.1) is 0 Å². The van der Waals surface area contributed by atoms with Crippen molar-refractivity contribution >= 4 is 10.8 Å². The first-order chi connectivity index (χ1) is 15.7. The molecule has 0 radical (unpaired) electrons. The van der Waals surface area contributed by atoms with E-state index in [9.17, 15) is 0 Å². The number of fused-ring (bicyclic) bond motifs is 1. The van der Waals surface area contributed by atoms with Crippen molar-refractivity contribution in [3.8, 4) is 40.9 Å². The molecule has 0 saturated carbocycles. The number of methoxy groups -OCH3 is 3. The van der Waals surface area contributed by atoms with E-state index in [-0.39, 0.29) is 0 Å². The van der Waals surface area contributed by atoms with Crippen LogP contribution in [0, 0.1) is 23.7 Å². The molecule has 32 heavy (non-hydrogen) atoms. The highest BCUT2D eigenvalue weighted by Crippen LogP contribution is 2.27. The minimum atomic E-state index is 0.665. The van der Waals surface area contributed by atoms with Crippen molar-refractivity contribution in [3.05, 3.63) is 101 Å². The summed E-state index contributed by atoms with van der Waals surface area (Å²) in [4.78, 5) is 0. The van der Waals surface area contributed by atoms with Crippen LogP contribution in [0.4, 0.5) is 0 Å². The predicted octanol–water partition coefficient (Wildman–Crippen LogP) is 5.67. The third-order valence-corrected chi connectivity index (χ3v) is 5.02. The zero-order valence-corrected chi connectivity index (χ0v) is 18.2. The topological polar surface area (TPSA) is 27.7 Å². The summed E-state index contributed by atoms with van der Waals surface area (Å²) in [6.45, 7) is 0. The van der Waals surface area contributed by atoms with E-state index in [1.165, 1.54) is 0 Å². The lowest BCUT2D eigenvalue weighted by molar-refractivity contribution is 0.355. The minimum absolute atomic E-state index is 0.665. The molecule has 0 N–H and O–H groups in total. The van der Waals surface area contributed by atoms with Crippen LogP contribution in [0.15, 0.2) is 78.9 Å². The lowest BCUT2D eigenvalue weighted by atomic mass is 10.0. The molecule has 0 aliphatic carbocycles. The van der Waals surface area contributed by atoms with E-state index < -0.39 is 0 Å². The van der Waals surface area contributed by atoms with Gasteiger partial charge in [0.05, 0.1) is 21.3 Å². The maximum Gasteiger partial charge on any atom is 0.161 e. The maximum absolute atomic E-state index is 5.35. The lowest BCUT2D eigenvalue weighted by Gasteiger charge is -2.06. The van der Waals surface area contributed by atoms with Crippen LogP contribution in [-0.2, 0) is 0 Å². The summed E-state index contributed by atoms with van der Waals surface area (Å²) in [6, 6.07) is 25.8. The van der Waals surface area contributed by atoms with E-state index in [0.717, 1.165) is 38.8 Å². The number of benzene rings is 4. The number of hydrogen-bond acceptors (Lipinski definition) is 3. The molecular weight excluding hydrogens is 396 g/mol. The fourth-order valence-corrected chi connectivity index (χ4v) is 3.28. The van der Waals surface area contributed by atoms with Crippen LogP contribution in [0.5, 0.6) is 17.2 Å². The summed E-state index contributed by atoms with van der Waals surface area (Å²) in [7, 11) is 4.89. The van der Waals surface area contributed by atoms with E-state index in [1.807, 2.05) is 54.6 Å². The minimum Gasteiger partial charge on any atom is -0.497 e. The summed E-state index contributed by atoms with van der Waals surface area (Å²) in [5.41, 5.74) is 3.70. The SMILES string of the molecule is COc1ccc(C#Cc2ccc3ccc(C#Cc4ccc(OC)c(OC)c4)cc3c2)cc1. The Morgan fingerprint density at radius 1 is 0.438 bits per heavy atom. The molecule has 0 spiro atoms. The number of rotatable bonds is 3. The molecule has 156 valence electrons. The van der Waals surface area contributed by atoms with E-state index >= 15 is 0 Å². The van der Waals surface area contributed by atoms with Gasteiger partial charge in [0, 0.05) is 22.3 Å². The van der Waals surface area contributed by atoms with Crippen LogP contribution in [0.1, 0.15) is 22.3 Å². The van der Waals surface area contributed by atoms with Crippen molar-refractivity contribution in [1.29, 1.82) is 0 Å². The molecule has 0 heterocycles. The zero-order chi connectivity index (χ0) is 22.3. The summed E-state index contributed by atoms with van der Waals surface area (Å²) in [5, 5.41) is 2.25. The molecule has 0 fully saturated rings.